The Balaban J connectivity index is 1.79. The Morgan fingerprint density at radius 1 is 1.22 bits per heavy atom. The van der Waals surface area contributed by atoms with Crippen molar-refractivity contribution in [2.24, 2.45) is 0 Å². The Labute approximate surface area is 157 Å². The number of rotatable bonds is 4. The molecule has 4 rings (SSSR count). The number of methoxy groups -OCH3 is 1. The molecule has 2 heterocycles. The number of H-pyrrole nitrogens is 1. The topological polar surface area (TPSA) is 80.4 Å². The molecular weight excluding hydrogens is 344 g/mol. The van der Waals surface area contributed by atoms with Crippen molar-refractivity contribution in [2.75, 3.05) is 19.0 Å². The smallest absolute Gasteiger partial charge is 0.355 e. The fraction of sp³-hybridized carbons (Fsp3) is 0.333. The molecule has 0 unspecified atom stereocenters. The lowest BCUT2D eigenvalue weighted by molar-refractivity contribution is -0.110. The number of fused-ring (bicyclic) bond motifs is 2. The number of hydrogen-bond acceptors (Lipinski definition) is 4. The maximum absolute atomic E-state index is 12.5. The van der Waals surface area contributed by atoms with E-state index in [0.29, 0.717) is 23.6 Å². The van der Waals surface area contributed by atoms with E-state index >= 15 is 0 Å². The highest BCUT2D eigenvalue weighted by atomic mass is 16.5. The van der Waals surface area contributed by atoms with Gasteiger partial charge in [-0.2, -0.15) is 0 Å². The van der Waals surface area contributed by atoms with Crippen LogP contribution in [0.15, 0.2) is 18.2 Å². The van der Waals surface area contributed by atoms with Crippen molar-refractivity contribution in [1.82, 2.24) is 4.98 Å². The van der Waals surface area contributed by atoms with E-state index < -0.39 is 0 Å². The van der Waals surface area contributed by atoms with E-state index in [1.54, 1.807) is 14.0 Å². The van der Waals surface area contributed by atoms with Crippen LogP contribution in [-0.2, 0) is 22.4 Å². The number of carbonyl (C=O) groups excluding carboxylic acids is 2. The van der Waals surface area contributed by atoms with Crippen LogP contribution in [0.3, 0.4) is 0 Å². The maximum atomic E-state index is 12.5. The van der Waals surface area contributed by atoms with Gasteiger partial charge in [0.2, 0.25) is 0 Å². The van der Waals surface area contributed by atoms with Crippen molar-refractivity contribution < 1.29 is 19.1 Å². The first-order valence-electron chi connectivity index (χ1n) is 9.24. The number of carbonyl (C=O) groups is 2. The van der Waals surface area contributed by atoms with Crippen molar-refractivity contribution in [3.8, 4) is 5.75 Å². The lowest BCUT2D eigenvalue weighted by atomic mass is 9.91. The summed E-state index contributed by atoms with van der Waals surface area (Å²) in [5.41, 5.74) is 5.63. The largest absolute Gasteiger partial charge is 0.497 e. The van der Waals surface area contributed by atoms with E-state index in [2.05, 4.69) is 10.3 Å². The molecule has 0 bridgehead atoms. The maximum Gasteiger partial charge on any atom is 0.355 e. The summed E-state index contributed by atoms with van der Waals surface area (Å²) >= 11 is 0. The highest BCUT2D eigenvalue weighted by Crippen LogP contribution is 2.37. The summed E-state index contributed by atoms with van der Waals surface area (Å²) in [6.45, 7) is 2.13. The number of aromatic nitrogens is 1. The standard InChI is InChI=1S/C21H22N2O4/c1-3-27-21(25)19-15-7-5-4-6-13(15)18(22-19)11-16-14-9-8-12(26-2)10-17(14)23-20(16)24/h8-11,22H,3-7H2,1-2H3,(H,23,24). The van der Waals surface area contributed by atoms with Crippen molar-refractivity contribution in [3.63, 3.8) is 0 Å². The second kappa shape index (κ2) is 6.95. The van der Waals surface area contributed by atoms with Crippen LogP contribution in [-0.4, -0.2) is 30.6 Å². The van der Waals surface area contributed by atoms with Gasteiger partial charge in [-0.05, 0) is 61.9 Å². The summed E-state index contributed by atoms with van der Waals surface area (Å²) in [6, 6.07) is 5.52. The zero-order valence-electron chi connectivity index (χ0n) is 15.5. The average Bonchev–Trinajstić information content (AvgIpc) is 3.20. The first kappa shape index (κ1) is 17.4. The first-order chi connectivity index (χ1) is 13.1. The SMILES string of the molecule is CCOC(=O)c1[nH]c(C=C2C(=O)Nc3cc(OC)ccc32)c2c1CCCC2. The number of amides is 1. The minimum atomic E-state index is -0.332. The lowest BCUT2D eigenvalue weighted by Gasteiger charge is -2.13. The number of esters is 1. The van der Waals surface area contributed by atoms with E-state index in [0.717, 1.165) is 53.8 Å². The van der Waals surface area contributed by atoms with Crippen molar-refractivity contribution in [1.29, 1.82) is 0 Å². The van der Waals surface area contributed by atoms with Gasteiger partial charge in [0.15, 0.2) is 0 Å². The third kappa shape index (κ3) is 3.01. The molecule has 2 aromatic rings. The number of anilines is 1. The van der Waals surface area contributed by atoms with Crippen LogP contribution in [0.4, 0.5) is 5.69 Å². The van der Waals surface area contributed by atoms with Crippen molar-refractivity contribution in [3.05, 3.63) is 46.3 Å². The van der Waals surface area contributed by atoms with Gasteiger partial charge in [0.1, 0.15) is 11.4 Å². The highest BCUT2D eigenvalue weighted by Gasteiger charge is 2.28. The molecule has 2 N–H and O–H groups in total. The summed E-state index contributed by atoms with van der Waals surface area (Å²) in [5, 5.41) is 2.88. The molecule has 1 aromatic carbocycles. The molecule has 0 radical (unpaired) electrons. The van der Waals surface area contributed by atoms with Crippen LogP contribution >= 0.6 is 0 Å². The fourth-order valence-electron chi connectivity index (χ4n) is 3.85. The Morgan fingerprint density at radius 2 is 2.00 bits per heavy atom. The molecule has 2 aliphatic rings. The Hall–Kier alpha value is -3.02. The van der Waals surface area contributed by atoms with Gasteiger partial charge in [0.25, 0.3) is 5.91 Å². The van der Waals surface area contributed by atoms with Gasteiger partial charge < -0.3 is 19.8 Å². The molecule has 0 fully saturated rings. The van der Waals surface area contributed by atoms with Crippen LogP contribution in [0.2, 0.25) is 0 Å². The summed E-state index contributed by atoms with van der Waals surface area (Å²) in [6.07, 6.45) is 5.71. The molecule has 0 saturated carbocycles. The van der Waals surface area contributed by atoms with E-state index in [1.807, 2.05) is 24.3 Å². The fourth-order valence-corrected chi connectivity index (χ4v) is 3.85. The molecule has 6 heteroatoms. The quantitative estimate of drug-likeness (QED) is 0.640. The molecule has 0 saturated heterocycles. The van der Waals surface area contributed by atoms with Crippen molar-refractivity contribution >= 4 is 29.2 Å². The van der Waals surface area contributed by atoms with Gasteiger partial charge in [-0.1, -0.05) is 0 Å². The Morgan fingerprint density at radius 3 is 2.74 bits per heavy atom. The van der Waals surface area contributed by atoms with Crippen molar-refractivity contribution in [2.45, 2.75) is 32.6 Å². The molecule has 27 heavy (non-hydrogen) atoms. The molecule has 1 aliphatic carbocycles. The lowest BCUT2D eigenvalue weighted by Crippen LogP contribution is -2.10. The summed E-state index contributed by atoms with van der Waals surface area (Å²) in [5.74, 6) is 0.202. The van der Waals surface area contributed by atoms with Gasteiger partial charge in [-0.25, -0.2) is 4.79 Å². The van der Waals surface area contributed by atoms with Gasteiger partial charge in [-0.15, -0.1) is 0 Å². The second-order valence-corrected chi connectivity index (χ2v) is 6.72. The normalized spacial score (nSPS) is 16.7. The van der Waals surface area contributed by atoms with Crippen LogP contribution in [0, 0.1) is 0 Å². The predicted molar refractivity (Wildman–Crippen MR) is 103 cm³/mol. The zero-order valence-corrected chi connectivity index (χ0v) is 15.5. The number of ether oxygens (including phenoxy) is 2. The monoisotopic (exact) mass is 366 g/mol. The third-order valence-corrected chi connectivity index (χ3v) is 5.13. The molecule has 1 aliphatic heterocycles. The van der Waals surface area contributed by atoms with Crippen LogP contribution < -0.4 is 10.1 Å². The van der Waals surface area contributed by atoms with E-state index in [9.17, 15) is 9.59 Å². The Kier molecular flexibility index (Phi) is 4.48. The zero-order chi connectivity index (χ0) is 19.0. The van der Waals surface area contributed by atoms with E-state index in [-0.39, 0.29) is 11.9 Å². The predicted octanol–water partition coefficient (Wildman–Crippen LogP) is 3.57. The van der Waals surface area contributed by atoms with Gasteiger partial charge in [0.05, 0.1) is 25.0 Å². The molecule has 140 valence electrons. The van der Waals surface area contributed by atoms with Crippen LogP contribution in [0.1, 0.15) is 52.6 Å². The second-order valence-electron chi connectivity index (χ2n) is 6.72. The summed E-state index contributed by atoms with van der Waals surface area (Å²) in [4.78, 5) is 28.1. The van der Waals surface area contributed by atoms with E-state index in [1.165, 1.54) is 0 Å². The van der Waals surface area contributed by atoms with Crippen LogP contribution in [0.25, 0.3) is 11.6 Å². The highest BCUT2D eigenvalue weighted by molar-refractivity contribution is 6.35. The Bertz CT molecular complexity index is 955. The molecule has 0 spiro atoms. The molecule has 1 aromatic heterocycles. The number of benzene rings is 1. The summed E-state index contributed by atoms with van der Waals surface area (Å²) < 4.78 is 10.4. The number of nitrogens with one attached hydrogen (secondary N) is 2. The number of hydrogen-bond donors (Lipinski definition) is 2. The van der Waals surface area contributed by atoms with E-state index in [4.69, 9.17) is 9.47 Å². The first-order valence-corrected chi connectivity index (χ1v) is 9.24. The average molecular weight is 366 g/mol. The third-order valence-electron chi connectivity index (χ3n) is 5.13. The minimum absolute atomic E-state index is 0.157. The van der Waals surface area contributed by atoms with Crippen LogP contribution in [0.5, 0.6) is 5.75 Å². The minimum Gasteiger partial charge on any atom is -0.497 e. The number of aromatic amines is 1. The molecule has 1 amide bonds. The van der Waals surface area contributed by atoms with Gasteiger partial charge in [0, 0.05) is 17.3 Å². The molecule has 0 atom stereocenters. The van der Waals surface area contributed by atoms with Gasteiger partial charge in [-0.3, -0.25) is 4.79 Å². The van der Waals surface area contributed by atoms with Gasteiger partial charge >= 0.3 is 5.97 Å². The summed E-state index contributed by atoms with van der Waals surface area (Å²) in [7, 11) is 1.59. The molecular formula is C21H22N2O4. The molecule has 6 nitrogen and oxygen atoms in total.